The lowest BCUT2D eigenvalue weighted by atomic mass is 10.3. The van der Waals surface area contributed by atoms with Crippen LogP contribution in [0, 0.1) is 11.3 Å². The summed E-state index contributed by atoms with van der Waals surface area (Å²) in [4.78, 5) is 0. The zero-order valence-electron chi connectivity index (χ0n) is 4.97. The molecule has 1 heterocycles. The minimum atomic E-state index is -0.0868. The molecule has 1 aliphatic rings. The van der Waals surface area contributed by atoms with Crippen molar-refractivity contribution in [3.63, 3.8) is 0 Å². The van der Waals surface area contributed by atoms with Gasteiger partial charge in [0.15, 0.2) is 0 Å². The van der Waals surface area contributed by atoms with E-state index in [1.807, 2.05) is 0 Å². The lowest BCUT2D eigenvalue weighted by molar-refractivity contribution is 0.347. The molecule has 1 atom stereocenters. The molecule has 1 fully saturated rings. The van der Waals surface area contributed by atoms with Crippen molar-refractivity contribution >= 4 is 11.8 Å². The molecule has 1 N–H and O–H groups in total. The molecule has 1 rings (SSSR count). The van der Waals surface area contributed by atoms with Crippen molar-refractivity contribution in [3.8, 4) is 6.07 Å². The van der Waals surface area contributed by atoms with Crippen LogP contribution < -0.4 is 5.32 Å². The Labute approximate surface area is 59.3 Å². The minimum absolute atomic E-state index is 0.0868. The van der Waals surface area contributed by atoms with Crippen molar-refractivity contribution in [2.45, 2.75) is 6.04 Å². The van der Waals surface area contributed by atoms with Gasteiger partial charge >= 0.3 is 0 Å². The molecule has 0 bridgehead atoms. The second-order valence-electron chi connectivity index (χ2n) is 2.00. The monoisotopic (exact) mass is 145 g/mol. The van der Waals surface area contributed by atoms with Gasteiger partial charge in [-0.2, -0.15) is 5.26 Å². The molecule has 1 saturated heterocycles. The van der Waals surface area contributed by atoms with Crippen LogP contribution in [-0.4, -0.2) is 30.1 Å². The van der Waals surface area contributed by atoms with Crippen LogP contribution >= 0.6 is 11.8 Å². The number of nitriles is 1. The normalized spacial score (nSPS) is 29.6. The van der Waals surface area contributed by atoms with E-state index in [2.05, 4.69) is 11.4 Å². The second kappa shape index (κ2) is 3.02. The predicted molar refractivity (Wildman–Crippen MR) is 34.8 cm³/mol. The van der Waals surface area contributed by atoms with E-state index in [0.717, 1.165) is 13.1 Å². The number of hydrogen-bond acceptors (Lipinski definition) is 3. The summed E-state index contributed by atoms with van der Waals surface area (Å²) in [6.45, 7) is 2.25. The zero-order valence-corrected chi connectivity index (χ0v) is 5.73. The first kappa shape index (κ1) is 6.81. The number of rotatable bonds is 0. The molecule has 4 heteroatoms. The van der Waals surface area contributed by atoms with Crippen molar-refractivity contribution in [3.05, 3.63) is 0 Å². The highest BCUT2D eigenvalue weighted by Crippen LogP contribution is 1.99. The van der Waals surface area contributed by atoms with Gasteiger partial charge in [-0.1, -0.05) is 0 Å². The second-order valence-corrected chi connectivity index (χ2v) is 2.48. The van der Waals surface area contributed by atoms with Gasteiger partial charge in [0, 0.05) is 19.6 Å². The van der Waals surface area contributed by atoms with Crippen LogP contribution in [0.3, 0.4) is 0 Å². The molecule has 0 aromatic heterocycles. The van der Waals surface area contributed by atoms with Crippen LogP contribution in [0.15, 0.2) is 0 Å². The van der Waals surface area contributed by atoms with Crippen molar-refractivity contribution < 1.29 is 0 Å². The van der Waals surface area contributed by atoms with E-state index in [1.54, 1.807) is 4.42 Å². The highest BCUT2D eigenvalue weighted by Gasteiger charge is 2.15. The first-order valence-electron chi connectivity index (χ1n) is 2.86. The summed E-state index contributed by atoms with van der Waals surface area (Å²) in [5, 5.41) is 11.4. The predicted octanol–water partition coefficient (Wildman–Crippen LogP) is -0.0624. The Morgan fingerprint density at radius 3 is 3.00 bits per heavy atom. The molecule has 0 amide bonds. The Morgan fingerprint density at radius 2 is 2.56 bits per heavy atom. The van der Waals surface area contributed by atoms with E-state index < -0.39 is 0 Å². The van der Waals surface area contributed by atoms with Crippen LogP contribution in [-0.2, 0) is 0 Å². The summed E-state index contributed by atoms with van der Waals surface area (Å²) >= 11 is 5.63. The minimum Gasteiger partial charge on any atom is -0.299 e. The summed E-state index contributed by atoms with van der Waals surface area (Å²) in [6, 6.07) is 2.01. The quantitative estimate of drug-likeness (QED) is 0.486. The molecule has 9 heavy (non-hydrogen) atoms. The fourth-order valence-electron chi connectivity index (χ4n) is 0.801. The maximum Gasteiger partial charge on any atom is 0.109 e. The maximum absolute atomic E-state index is 8.41. The Morgan fingerprint density at radius 1 is 1.78 bits per heavy atom. The summed E-state index contributed by atoms with van der Waals surface area (Å²) in [5.74, 6) is 0. The number of halogens is 1. The van der Waals surface area contributed by atoms with Gasteiger partial charge in [-0.05, 0) is 11.8 Å². The summed E-state index contributed by atoms with van der Waals surface area (Å²) in [5.41, 5.74) is 0. The van der Waals surface area contributed by atoms with Gasteiger partial charge in [0.25, 0.3) is 0 Å². The van der Waals surface area contributed by atoms with Gasteiger partial charge in [-0.15, -0.1) is 0 Å². The van der Waals surface area contributed by atoms with Gasteiger partial charge in [0.2, 0.25) is 0 Å². The third-order valence-corrected chi connectivity index (χ3v) is 1.59. The Kier molecular flexibility index (Phi) is 2.29. The average molecular weight is 146 g/mol. The highest BCUT2D eigenvalue weighted by atomic mass is 35.5. The van der Waals surface area contributed by atoms with Crippen LogP contribution in [0.25, 0.3) is 0 Å². The van der Waals surface area contributed by atoms with Crippen molar-refractivity contribution in [1.82, 2.24) is 9.74 Å². The fourth-order valence-corrected chi connectivity index (χ4v) is 1.02. The summed E-state index contributed by atoms with van der Waals surface area (Å²) in [6.07, 6.45) is 0. The van der Waals surface area contributed by atoms with Crippen LogP contribution in [0.5, 0.6) is 0 Å². The first-order valence-corrected chi connectivity index (χ1v) is 3.20. The third-order valence-electron chi connectivity index (χ3n) is 1.28. The average Bonchev–Trinajstić information content (AvgIpc) is 1.88. The largest absolute Gasteiger partial charge is 0.299 e. The van der Waals surface area contributed by atoms with E-state index in [-0.39, 0.29) is 6.04 Å². The highest BCUT2D eigenvalue weighted by molar-refractivity contribution is 6.13. The summed E-state index contributed by atoms with van der Waals surface area (Å²) < 4.78 is 1.63. The van der Waals surface area contributed by atoms with Crippen molar-refractivity contribution in [2.24, 2.45) is 0 Å². The molecule has 0 radical (unpaired) electrons. The van der Waals surface area contributed by atoms with Crippen LogP contribution in [0.1, 0.15) is 0 Å². The summed E-state index contributed by atoms with van der Waals surface area (Å²) in [7, 11) is 0. The molecule has 0 aromatic carbocycles. The number of hydrogen-bond donors (Lipinski definition) is 1. The number of nitrogens with one attached hydrogen (secondary N) is 1. The topological polar surface area (TPSA) is 39.1 Å². The zero-order chi connectivity index (χ0) is 6.69. The lowest BCUT2D eigenvalue weighted by Crippen LogP contribution is -2.46. The van der Waals surface area contributed by atoms with Crippen molar-refractivity contribution in [2.75, 3.05) is 19.6 Å². The fraction of sp³-hybridized carbons (Fsp3) is 0.800. The Bertz CT molecular complexity index is 131. The van der Waals surface area contributed by atoms with E-state index in [0.29, 0.717) is 6.54 Å². The molecule has 3 nitrogen and oxygen atoms in total. The van der Waals surface area contributed by atoms with Gasteiger partial charge in [0.1, 0.15) is 6.04 Å². The van der Waals surface area contributed by atoms with Crippen LogP contribution in [0.4, 0.5) is 0 Å². The van der Waals surface area contributed by atoms with E-state index in [9.17, 15) is 0 Å². The molecule has 0 spiro atoms. The van der Waals surface area contributed by atoms with E-state index in [1.165, 1.54) is 0 Å². The molecule has 50 valence electrons. The van der Waals surface area contributed by atoms with E-state index in [4.69, 9.17) is 17.0 Å². The Hall–Kier alpha value is -0.300. The molecular weight excluding hydrogens is 138 g/mol. The SMILES string of the molecule is N#CC1CN(Cl)CCN1. The molecule has 0 aliphatic carbocycles. The lowest BCUT2D eigenvalue weighted by Gasteiger charge is -2.23. The van der Waals surface area contributed by atoms with Gasteiger partial charge < -0.3 is 0 Å². The van der Waals surface area contributed by atoms with Gasteiger partial charge in [-0.25, -0.2) is 4.42 Å². The molecular formula is C5H8ClN3. The first-order chi connectivity index (χ1) is 4.33. The molecule has 1 unspecified atom stereocenters. The molecule has 1 aliphatic heterocycles. The number of piperazine rings is 1. The van der Waals surface area contributed by atoms with Crippen molar-refractivity contribution in [1.29, 1.82) is 5.26 Å². The third kappa shape index (κ3) is 1.83. The van der Waals surface area contributed by atoms with E-state index >= 15 is 0 Å². The molecule has 0 saturated carbocycles. The standard InChI is InChI=1S/C5H8ClN3/c6-9-2-1-8-5(3-7)4-9/h5,8H,1-2,4H2. The smallest absolute Gasteiger partial charge is 0.109 e. The Balaban J connectivity index is 2.34. The van der Waals surface area contributed by atoms with Crippen LogP contribution in [0.2, 0.25) is 0 Å². The molecule has 0 aromatic rings. The van der Waals surface area contributed by atoms with Gasteiger partial charge in [0.05, 0.1) is 6.07 Å². The number of nitrogens with zero attached hydrogens (tertiary/aromatic N) is 2. The van der Waals surface area contributed by atoms with Gasteiger partial charge in [-0.3, -0.25) is 5.32 Å². The maximum atomic E-state index is 8.41.